The van der Waals surface area contributed by atoms with E-state index >= 15 is 0 Å². The van der Waals surface area contributed by atoms with E-state index in [2.05, 4.69) is 4.98 Å². The predicted octanol–water partition coefficient (Wildman–Crippen LogP) is 1.85. The standard InChI is InChI=1S/C10H9NO/c12-9-3-1-2-4-10-5-7-11-8-6-10/h1-9H. The molecule has 0 fully saturated rings. The molecule has 12 heavy (non-hydrogen) atoms. The summed E-state index contributed by atoms with van der Waals surface area (Å²) in [6.45, 7) is 0. The molecule has 1 aromatic heterocycles. The van der Waals surface area contributed by atoms with Gasteiger partial charge in [0.1, 0.15) is 6.29 Å². The first-order chi connectivity index (χ1) is 5.93. The Morgan fingerprint density at radius 3 is 2.50 bits per heavy atom. The van der Waals surface area contributed by atoms with Crippen LogP contribution in [0.4, 0.5) is 0 Å². The van der Waals surface area contributed by atoms with E-state index < -0.39 is 0 Å². The van der Waals surface area contributed by atoms with E-state index in [0.29, 0.717) is 0 Å². The molecule has 1 aromatic rings. The van der Waals surface area contributed by atoms with Crippen molar-refractivity contribution in [2.24, 2.45) is 0 Å². The molecule has 0 amide bonds. The van der Waals surface area contributed by atoms with Crippen molar-refractivity contribution in [2.45, 2.75) is 0 Å². The highest BCUT2D eigenvalue weighted by Crippen LogP contribution is 1.98. The molecule has 0 unspecified atom stereocenters. The summed E-state index contributed by atoms with van der Waals surface area (Å²) in [7, 11) is 0. The SMILES string of the molecule is O=CC=CC=Cc1ccncc1. The van der Waals surface area contributed by atoms with Crippen LogP contribution >= 0.6 is 0 Å². The first-order valence-electron chi connectivity index (χ1n) is 3.62. The number of aldehydes is 1. The molecule has 0 aliphatic rings. The van der Waals surface area contributed by atoms with Crippen molar-refractivity contribution in [3.8, 4) is 0 Å². The molecule has 1 heterocycles. The number of pyridine rings is 1. The molecule has 0 saturated heterocycles. The highest BCUT2D eigenvalue weighted by atomic mass is 16.1. The Morgan fingerprint density at radius 1 is 1.08 bits per heavy atom. The summed E-state index contributed by atoms with van der Waals surface area (Å²) >= 11 is 0. The van der Waals surface area contributed by atoms with Crippen molar-refractivity contribution in [1.29, 1.82) is 0 Å². The van der Waals surface area contributed by atoms with Gasteiger partial charge in [0.2, 0.25) is 0 Å². The maximum atomic E-state index is 9.89. The zero-order valence-corrected chi connectivity index (χ0v) is 6.55. The second kappa shape index (κ2) is 5.02. The van der Waals surface area contributed by atoms with Crippen LogP contribution in [0.2, 0.25) is 0 Å². The Morgan fingerprint density at radius 2 is 1.83 bits per heavy atom. The van der Waals surface area contributed by atoms with E-state index in [9.17, 15) is 4.79 Å². The average Bonchev–Trinajstić information content (AvgIpc) is 2.14. The number of hydrogen-bond acceptors (Lipinski definition) is 2. The van der Waals surface area contributed by atoms with Crippen LogP contribution in [0.1, 0.15) is 5.56 Å². The third kappa shape index (κ3) is 2.92. The first-order valence-corrected chi connectivity index (χ1v) is 3.62. The zero-order chi connectivity index (χ0) is 8.65. The number of rotatable bonds is 3. The topological polar surface area (TPSA) is 30.0 Å². The Balaban J connectivity index is 2.58. The van der Waals surface area contributed by atoms with E-state index in [0.717, 1.165) is 11.8 Å². The van der Waals surface area contributed by atoms with Gasteiger partial charge in [0.25, 0.3) is 0 Å². The molecule has 0 aromatic carbocycles. The van der Waals surface area contributed by atoms with Crippen molar-refractivity contribution in [3.63, 3.8) is 0 Å². The Kier molecular flexibility index (Phi) is 3.51. The van der Waals surface area contributed by atoms with Gasteiger partial charge in [-0.1, -0.05) is 18.2 Å². The lowest BCUT2D eigenvalue weighted by molar-refractivity contribution is -0.104. The van der Waals surface area contributed by atoms with E-state index in [4.69, 9.17) is 0 Å². The van der Waals surface area contributed by atoms with Gasteiger partial charge in [-0.3, -0.25) is 9.78 Å². The van der Waals surface area contributed by atoms with Gasteiger partial charge in [0.15, 0.2) is 0 Å². The fraction of sp³-hybridized carbons (Fsp3) is 0. The molecule has 1 rings (SSSR count). The van der Waals surface area contributed by atoms with Crippen LogP contribution in [0.25, 0.3) is 6.08 Å². The van der Waals surface area contributed by atoms with Crippen molar-refractivity contribution in [1.82, 2.24) is 4.98 Å². The molecule has 0 bridgehead atoms. The smallest absolute Gasteiger partial charge is 0.142 e. The van der Waals surface area contributed by atoms with E-state index in [-0.39, 0.29) is 0 Å². The predicted molar refractivity (Wildman–Crippen MR) is 48.5 cm³/mol. The van der Waals surface area contributed by atoms with Crippen LogP contribution in [-0.2, 0) is 4.79 Å². The largest absolute Gasteiger partial charge is 0.299 e. The highest BCUT2D eigenvalue weighted by Gasteiger charge is 1.79. The number of nitrogens with zero attached hydrogens (tertiary/aromatic N) is 1. The van der Waals surface area contributed by atoms with Crippen LogP contribution in [0.5, 0.6) is 0 Å². The molecule has 0 atom stereocenters. The molecular weight excluding hydrogens is 150 g/mol. The molecule has 2 nitrogen and oxygen atoms in total. The lowest BCUT2D eigenvalue weighted by Gasteiger charge is -1.87. The lowest BCUT2D eigenvalue weighted by Crippen LogP contribution is -1.71. The highest BCUT2D eigenvalue weighted by molar-refractivity contribution is 5.66. The van der Waals surface area contributed by atoms with E-state index in [1.54, 1.807) is 18.5 Å². The summed E-state index contributed by atoms with van der Waals surface area (Å²) in [5, 5.41) is 0. The summed E-state index contributed by atoms with van der Waals surface area (Å²) in [6.07, 6.45) is 11.0. The minimum atomic E-state index is 0.747. The third-order valence-corrected chi connectivity index (χ3v) is 1.30. The fourth-order valence-electron chi connectivity index (χ4n) is 0.751. The molecule has 0 aliphatic heterocycles. The molecule has 0 spiro atoms. The summed E-state index contributed by atoms with van der Waals surface area (Å²) in [6, 6.07) is 3.79. The van der Waals surface area contributed by atoms with Gasteiger partial charge in [-0.05, 0) is 23.8 Å². The zero-order valence-electron chi connectivity index (χ0n) is 6.55. The third-order valence-electron chi connectivity index (χ3n) is 1.30. The lowest BCUT2D eigenvalue weighted by atomic mass is 10.2. The minimum Gasteiger partial charge on any atom is -0.299 e. The molecule has 0 aliphatic carbocycles. The number of aromatic nitrogens is 1. The summed E-state index contributed by atoms with van der Waals surface area (Å²) in [5.74, 6) is 0. The minimum absolute atomic E-state index is 0.747. The molecule has 2 heteroatoms. The quantitative estimate of drug-likeness (QED) is 0.382. The van der Waals surface area contributed by atoms with Crippen LogP contribution in [0.3, 0.4) is 0 Å². The fourth-order valence-corrected chi connectivity index (χ4v) is 0.751. The Hall–Kier alpha value is -1.70. The summed E-state index contributed by atoms with van der Waals surface area (Å²) in [5.41, 5.74) is 1.07. The van der Waals surface area contributed by atoms with Gasteiger partial charge >= 0.3 is 0 Å². The van der Waals surface area contributed by atoms with Gasteiger partial charge in [-0.25, -0.2) is 0 Å². The maximum Gasteiger partial charge on any atom is 0.142 e. The van der Waals surface area contributed by atoms with Crippen molar-refractivity contribution >= 4 is 12.4 Å². The van der Waals surface area contributed by atoms with Crippen molar-refractivity contribution < 1.29 is 4.79 Å². The van der Waals surface area contributed by atoms with Crippen LogP contribution in [0.15, 0.2) is 42.8 Å². The van der Waals surface area contributed by atoms with Gasteiger partial charge in [-0.15, -0.1) is 0 Å². The maximum absolute atomic E-state index is 9.89. The van der Waals surface area contributed by atoms with Crippen molar-refractivity contribution in [2.75, 3.05) is 0 Å². The van der Waals surface area contributed by atoms with E-state index in [1.807, 2.05) is 24.3 Å². The Bertz CT molecular complexity index is 288. The van der Waals surface area contributed by atoms with Gasteiger partial charge in [0.05, 0.1) is 0 Å². The second-order valence-electron chi connectivity index (χ2n) is 2.16. The summed E-state index contributed by atoms with van der Waals surface area (Å²) in [4.78, 5) is 13.8. The molecular formula is C10H9NO. The molecule has 0 saturated carbocycles. The molecule has 0 radical (unpaired) electrons. The van der Waals surface area contributed by atoms with Crippen LogP contribution in [0, 0.1) is 0 Å². The number of carbonyl (C=O) groups excluding carboxylic acids is 1. The first kappa shape index (κ1) is 8.40. The van der Waals surface area contributed by atoms with Crippen molar-refractivity contribution in [3.05, 3.63) is 48.3 Å². The van der Waals surface area contributed by atoms with E-state index in [1.165, 1.54) is 6.08 Å². The number of hydrogen-bond donors (Lipinski definition) is 0. The number of allylic oxidation sites excluding steroid dienone is 3. The van der Waals surface area contributed by atoms with Crippen LogP contribution < -0.4 is 0 Å². The summed E-state index contributed by atoms with van der Waals surface area (Å²) < 4.78 is 0. The molecule has 0 N–H and O–H groups in total. The molecule has 60 valence electrons. The normalized spacial score (nSPS) is 11.0. The van der Waals surface area contributed by atoms with Gasteiger partial charge < -0.3 is 0 Å². The van der Waals surface area contributed by atoms with Gasteiger partial charge in [-0.2, -0.15) is 0 Å². The number of carbonyl (C=O) groups is 1. The van der Waals surface area contributed by atoms with Crippen LogP contribution in [-0.4, -0.2) is 11.3 Å². The second-order valence-corrected chi connectivity index (χ2v) is 2.16. The van der Waals surface area contributed by atoms with Gasteiger partial charge in [0, 0.05) is 12.4 Å². The Labute approximate surface area is 71.3 Å². The average molecular weight is 159 g/mol. The monoisotopic (exact) mass is 159 g/mol.